The lowest BCUT2D eigenvalue weighted by molar-refractivity contribution is -0.0430. The molecule has 0 bridgehead atoms. The molecule has 2 N–H and O–H groups in total. The van der Waals surface area contributed by atoms with Gasteiger partial charge in [0.05, 0.1) is 0 Å². The Morgan fingerprint density at radius 2 is 2.18 bits per heavy atom. The van der Waals surface area contributed by atoms with Crippen LogP contribution in [0.5, 0.6) is 0 Å². The van der Waals surface area contributed by atoms with Gasteiger partial charge in [0.1, 0.15) is 0 Å². The number of amides is 1. The third-order valence-electron chi connectivity index (χ3n) is 3.15. The number of aromatic amines is 1. The molecule has 2 aromatic rings. The lowest BCUT2D eigenvalue weighted by atomic mass is 10.0. The first kappa shape index (κ1) is 10.0. The van der Waals surface area contributed by atoms with Crippen LogP contribution >= 0.6 is 0 Å². The molecule has 1 aliphatic rings. The summed E-state index contributed by atoms with van der Waals surface area (Å²) < 4.78 is 0. The van der Waals surface area contributed by atoms with E-state index in [4.69, 9.17) is 0 Å². The van der Waals surface area contributed by atoms with Crippen LogP contribution in [0.15, 0.2) is 36.7 Å². The average molecular weight is 229 g/mol. The molecular weight excluding hydrogens is 218 g/mol. The van der Waals surface area contributed by atoms with Gasteiger partial charge < -0.3 is 15.0 Å². The van der Waals surface area contributed by atoms with E-state index in [1.807, 2.05) is 0 Å². The number of hydrogen-bond acceptors (Lipinski definition) is 3. The molecule has 5 nitrogen and oxygen atoms in total. The smallest absolute Gasteiger partial charge is 0.256 e. The van der Waals surface area contributed by atoms with Gasteiger partial charge in [-0.25, -0.2) is 4.98 Å². The minimum absolute atomic E-state index is 0.209. The van der Waals surface area contributed by atoms with Gasteiger partial charge in [-0.1, -0.05) is 18.2 Å². The second-order valence-corrected chi connectivity index (χ2v) is 4.02. The Morgan fingerprint density at radius 1 is 1.41 bits per heavy atom. The molecule has 1 atom stereocenters. The highest BCUT2D eigenvalue weighted by Crippen LogP contribution is 2.39. The molecule has 17 heavy (non-hydrogen) atoms. The second-order valence-electron chi connectivity index (χ2n) is 4.02. The number of nitrogens with zero attached hydrogens (tertiary/aromatic N) is 2. The van der Waals surface area contributed by atoms with Gasteiger partial charge in [0.25, 0.3) is 5.91 Å². The summed E-state index contributed by atoms with van der Waals surface area (Å²) in [7, 11) is 1.56. The molecule has 0 radical (unpaired) electrons. The van der Waals surface area contributed by atoms with Gasteiger partial charge in [-0.15, -0.1) is 0 Å². The second kappa shape index (κ2) is 3.18. The third-order valence-corrected chi connectivity index (χ3v) is 3.15. The van der Waals surface area contributed by atoms with Crippen LogP contribution in [0.2, 0.25) is 0 Å². The van der Waals surface area contributed by atoms with E-state index in [1.54, 1.807) is 43.7 Å². The quantitative estimate of drug-likeness (QED) is 0.755. The van der Waals surface area contributed by atoms with Crippen LogP contribution in [0.25, 0.3) is 0 Å². The van der Waals surface area contributed by atoms with Crippen LogP contribution in [-0.2, 0) is 5.72 Å². The fourth-order valence-corrected chi connectivity index (χ4v) is 2.22. The van der Waals surface area contributed by atoms with Gasteiger partial charge >= 0.3 is 0 Å². The summed E-state index contributed by atoms with van der Waals surface area (Å²) in [5.74, 6) is 0.137. The molecule has 1 aromatic carbocycles. The number of rotatable bonds is 1. The minimum Gasteiger partial charge on any atom is -0.361 e. The predicted octanol–water partition coefficient (Wildman–Crippen LogP) is 0.689. The summed E-state index contributed by atoms with van der Waals surface area (Å²) in [6.07, 6.45) is 3.17. The molecule has 1 aromatic heterocycles. The van der Waals surface area contributed by atoms with Gasteiger partial charge in [0.2, 0.25) is 5.72 Å². The van der Waals surface area contributed by atoms with Crippen molar-refractivity contribution in [2.45, 2.75) is 5.72 Å². The number of nitrogens with one attached hydrogen (secondary N) is 1. The van der Waals surface area contributed by atoms with E-state index in [-0.39, 0.29) is 5.91 Å². The highest BCUT2D eigenvalue weighted by Gasteiger charge is 2.49. The Balaban J connectivity index is 2.28. The van der Waals surface area contributed by atoms with Crippen LogP contribution in [0, 0.1) is 0 Å². The fraction of sp³-hybridized carbons (Fsp3) is 0.167. The summed E-state index contributed by atoms with van der Waals surface area (Å²) in [6.45, 7) is 0. The first-order valence-electron chi connectivity index (χ1n) is 5.25. The van der Waals surface area contributed by atoms with Crippen LogP contribution in [0.3, 0.4) is 0 Å². The normalized spacial score (nSPS) is 22.9. The van der Waals surface area contributed by atoms with Crippen molar-refractivity contribution in [2.24, 2.45) is 0 Å². The lowest BCUT2D eigenvalue weighted by Crippen LogP contribution is -2.42. The zero-order valence-corrected chi connectivity index (χ0v) is 9.21. The Bertz CT molecular complexity index is 579. The molecule has 0 fully saturated rings. The monoisotopic (exact) mass is 229 g/mol. The maximum atomic E-state index is 12.0. The minimum atomic E-state index is -1.50. The number of H-pyrrole nitrogens is 1. The topological polar surface area (TPSA) is 69.2 Å². The predicted molar refractivity (Wildman–Crippen MR) is 60.1 cm³/mol. The molecule has 0 aliphatic carbocycles. The number of carbonyl (C=O) groups excluding carboxylic acids is 1. The summed E-state index contributed by atoms with van der Waals surface area (Å²) in [5, 5.41) is 10.8. The largest absolute Gasteiger partial charge is 0.361 e. The number of fused-ring (bicyclic) bond motifs is 1. The summed E-state index contributed by atoms with van der Waals surface area (Å²) in [6, 6.07) is 7.01. The van der Waals surface area contributed by atoms with Crippen LogP contribution in [-0.4, -0.2) is 32.9 Å². The lowest BCUT2D eigenvalue weighted by Gasteiger charge is -2.29. The number of aliphatic hydroxyl groups is 1. The van der Waals surface area contributed by atoms with Crippen molar-refractivity contribution in [3.05, 3.63) is 53.6 Å². The molecule has 5 heteroatoms. The van der Waals surface area contributed by atoms with E-state index in [1.165, 1.54) is 4.90 Å². The van der Waals surface area contributed by atoms with Crippen molar-refractivity contribution < 1.29 is 9.90 Å². The Labute approximate surface area is 97.7 Å². The van der Waals surface area contributed by atoms with Crippen molar-refractivity contribution in [2.75, 3.05) is 7.05 Å². The van der Waals surface area contributed by atoms with Crippen molar-refractivity contribution in [1.82, 2.24) is 14.9 Å². The van der Waals surface area contributed by atoms with Crippen molar-refractivity contribution in [1.29, 1.82) is 0 Å². The zero-order chi connectivity index (χ0) is 12.0. The first-order chi connectivity index (χ1) is 8.15. The SMILES string of the molecule is CN1C(=O)c2ccccc2C1(O)c1ncc[nH]1. The molecule has 0 saturated heterocycles. The zero-order valence-electron chi connectivity index (χ0n) is 9.21. The molecule has 1 unspecified atom stereocenters. The number of hydrogen-bond donors (Lipinski definition) is 2. The van der Waals surface area contributed by atoms with Crippen molar-refractivity contribution in [3.63, 3.8) is 0 Å². The van der Waals surface area contributed by atoms with E-state index < -0.39 is 5.72 Å². The van der Waals surface area contributed by atoms with Gasteiger partial charge in [-0.3, -0.25) is 4.79 Å². The van der Waals surface area contributed by atoms with E-state index >= 15 is 0 Å². The summed E-state index contributed by atoms with van der Waals surface area (Å²) >= 11 is 0. The summed E-state index contributed by atoms with van der Waals surface area (Å²) in [4.78, 5) is 20.2. The first-order valence-corrected chi connectivity index (χ1v) is 5.25. The molecule has 1 aliphatic heterocycles. The molecule has 86 valence electrons. The van der Waals surface area contributed by atoms with Crippen LogP contribution in [0.1, 0.15) is 21.7 Å². The molecule has 1 amide bonds. The molecule has 0 saturated carbocycles. The molecule has 3 rings (SSSR count). The van der Waals surface area contributed by atoms with Crippen molar-refractivity contribution in [3.8, 4) is 0 Å². The Hall–Kier alpha value is -2.14. The number of imidazole rings is 1. The van der Waals surface area contributed by atoms with E-state index in [0.29, 0.717) is 17.0 Å². The Morgan fingerprint density at radius 3 is 2.88 bits per heavy atom. The van der Waals surface area contributed by atoms with E-state index in [0.717, 1.165) is 0 Å². The molecular formula is C12H11N3O2. The Kier molecular flexibility index (Phi) is 1.88. The highest BCUT2D eigenvalue weighted by atomic mass is 16.3. The molecule has 2 heterocycles. The van der Waals surface area contributed by atoms with E-state index in [2.05, 4.69) is 9.97 Å². The van der Waals surface area contributed by atoms with Gasteiger partial charge in [0, 0.05) is 30.6 Å². The van der Waals surface area contributed by atoms with Gasteiger partial charge in [0.15, 0.2) is 5.82 Å². The number of carbonyl (C=O) groups is 1. The fourth-order valence-electron chi connectivity index (χ4n) is 2.22. The average Bonchev–Trinajstić information content (AvgIpc) is 2.95. The maximum absolute atomic E-state index is 12.0. The van der Waals surface area contributed by atoms with Crippen LogP contribution in [0.4, 0.5) is 0 Å². The number of benzene rings is 1. The summed E-state index contributed by atoms with van der Waals surface area (Å²) in [5.41, 5.74) is -0.437. The van der Waals surface area contributed by atoms with Crippen molar-refractivity contribution >= 4 is 5.91 Å². The third kappa shape index (κ3) is 1.11. The maximum Gasteiger partial charge on any atom is 0.256 e. The van der Waals surface area contributed by atoms with Crippen LogP contribution < -0.4 is 0 Å². The van der Waals surface area contributed by atoms with E-state index in [9.17, 15) is 9.90 Å². The van der Waals surface area contributed by atoms with Gasteiger partial charge in [-0.05, 0) is 6.07 Å². The standard InChI is InChI=1S/C12H11N3O2/c1-15-10(16)8-4-2-3-5-9(8)12(15,17)11-13-6-7-14-11/h2-7,17H,1H3,(H,13,14). The van der Waals surface area contributed by atoms with Gasteiger partial charge in [-0.2, -0.15) is 0 Å². The molecule has 0 spiro atoms. The highest BCUT2D eigenvalue weighted by molar-refractivity contribution is 6.00. The number of aromatic nitrogens is 2.